The number of non-ortho nitro benzene ring substituents is 1. The third-order valence-electron chi connectivity index (χ3n) is 3.80. The predicted octanol–water partition coefficient (Wildman–Crippen LogP) is 4.41. The fraction of sp³-hybridized carbons (Fsp3) is 0.0526. The summed E-state index contributed by atoms with van der Waals surface area (Å²) in [5.41, 5.74) is 7.22. The van der Waals surface area contributed by atoms with Crippen LogP contribution in [0.15, 0.2) is 72.8 Å². The first-order valence-electron chi connectivity index (χ1n) is 8.26. The van der Waals surface area contributed by atoms with E-state index >= 15 is 0 Å². The van der Waals surface area contributed by atoms with Gasteiger partial charge in [0.15, 0.2) is 0 Å². The molecule has 142 valence electrons. The SMILES string of the molecule is O=[N+]([O-])c1ccc(Oc2ccc(CNNc3ccccc3)cc2)c([N+](=O)[O-])c1. The zero-order valence-electron chi connectivity index (χ0n) is 14.6. The van der Waals surface area contributed by atoms with Crippen LogP contribution < -0.4 is 15.6 Å². The Morgan fingerprint density at radius 3 is 2.21 bits per heavy atom. The molecule has 0 radical (unpaired) electrons. The van der Waals surface area contributed by atoms with Gasteiger partial charge in [-0.3, -0.25) is 20.2 Å². The second-order valence-electron chi connectivity index (χ2n) is 5.76. The number of hydrazine groups is 1. The van der Waals surface area contributed by atoms with Crippen molar-refractivity contribution in [1.29, 1.82) is 0 Å². The summed E-state index contributed by atoms with van der Waals surface area (Å²) >= 11 is 0. The average molecular weight is 380 g/mol. The summed E-state index contributed by atoms with van der Waals surface area (Å²) in [6.45, 7) is 0.548. The number of nitro benzene ring substituents is 2. The second-order valence-corrected chi connectivity index (χ2v) is 5.76. The van der Waals surface area contributed by atoms with Crippen LogP contribution in [0.5, 0.6) is 11.5 Å². The van der Waals surface area contributed by atoms with Crippen molar-refractivity contribution in [3.63, 3.8) is 0 Å². The lowest BCUT2D eigenvalue weighted by Crippen LogP contribution is -2.20. The number of ether oxygens (including phenoxy) is 1. The van der Waals surface area contributed by atoms with Crippen molar-refractivity contribution in [2.75, 3.05) is 5.43 Å². The molecular weight excluding hydrogens is 364 g/mol. The summed E-state index contributed by atoms with van der Waals surface area (Å²) in [6.07, 6.45) is 0. The van der Waals surface area contributed by atoms with Crippen LogP contribution >= 0.6 is 0 Å². The number of rotatable bonds is 8. The van der Waals surface area contributed by atoms with Gasteiger partial charge in [0.2, 0.25) is 5.75 Å². The van der Waals surface area contributed by atoms with Crippen molar-refractivity contribution < 1.29 is 14.6 Å². The molecule has 0 aromatic heterocycles. The van der Waals surface area contributed by atoms with Gasteiger partial charge in [0.1, 0.15) is 5.75 Å². The summed E-state index contributed by atoms with van der Waals surface area (Å²) in [5.74, 6) is 0.323. The first kappa shape index (κ1) is 18.8. The Balaban J connectivity index is 1.64. The highest BCUT2D eigenvalue weighted by molar-refractivity contribution is 5.54. The lowest BCUT2D eigenvalue weighted by atomic mass is 10.2. The average Bonchev–Trinajstić information content (AvgIpc) is 2.70. The van der Waals surface area contributed by atoms with Crippen molar-refractivity contribution in [1.82, 2.24) is 5.43 Å². The van der Waals surface area contributed by atoms with Gasteiger partial charge in [0.05, 0.1) is 15.9 Å². The zero-order valence-corrected chi connectivity index (χ0v) is 14.6. The predicted molar refractivity (Wildman–Crippen MR) is 103 cm³/mol. The van der Waals surface area contributed by atoms with Crippen molar-refractivity contribution in [3.05, 3.63) is 98.6 Å². The Labute approximate surface area is 159 Å². The molecular formula is C19H16N4O5. The molecule has 0 bridgehead atoms. The van der Waals surface area contributed by atoms with Crippen molar-refractivity contribution in [2.45, 2.75) is 6.54 Å². The number of para-hydroxylation sites is 1. The fourth-order valence-corrected chi connectivity index (χ4v) is 2.42. The Hall–Kier alpha value is -3.98. The Bertz CT molecular complexity index is 977. The maximum absolute atomic E-state index is 11.2. The molecule has 0 saturated heterocycles. The Kier molecular flexibility index (Phi) is 5.78. The minimum atomic E-state index is -0.712. The molecule has 0 amide bonds. The van der Waals surface area contributed by atoms with E-state index in [0.29, 0.717) is 12.3 Å². The van der Waals surface area contributed by atoms with Crippen LogP contribution in [0, 0.1) is 20.2 Å². The van der Waals surface area contributed by atoms with E-state index in [2.05, 4.69) is 10.9 Å². The van der Waals surface area contributed by atoms with Gasteiger partial charge in [-0.15, -0.1) is 0 Å². The van der Waals surface area contributed by atoms with Crippen molar-refractivity contribution >= 4 is 17.1 Å². The number of benzene rings is 3. The Morgan fingerprint density at radius 2 is 1.57 bits per heavy atom. The van der Waals surface area contributed by atoms with E-state index in [1.54, 1.807) is 12.1 Å². The molecule has 0 saturated carbocycles. The van der Waals surface area contributed by atoms with Crippen LogP contribution in [0.3, 0.4) is 0 Å². The van der Waals surface area contributed by atoms with Crippen LogP contribution in [-0.2, 0) is 6.54 Å². The van der Waals surface area contributed by atoms with E-state index in [4.69, 9.17) is 4.74 Å². The van der Waals surface area contributed by atoms with E-state index in [0.717, 1.165) is 23.4 Å². The van der Waals surface area contributed by atoms with Gasteiger partial charge in [0, 0.05) is 18.3 Å². The summed E-state index contributed by atoms with van der Waals surface area (Å²) in [5, 5.41) is 22.0. The topological polar surface area (TPSA) is 120 Å². The highest BCUT2D eigenvalue weighted by Gasteiger charge is 2.21. The molecule has 0 unspecified atom stereocenters. The third-order valence-corrected chi connectivity index (χ3v) is 3.80. The van der Waals surface area contributed by atoms with E-state index in [1.807, 2.05) is 42.5 Å². The first-order valence-corrected chi connectivity index (χ1v) is 8.26. The normalized spacial score (nSPS) is 10.3. The number of hydrogen-bond acceptors (Lipinski definition) is 7. The zero-order chi connectivity index (χ0) is 19.9. The summed E-state index contributed by atoms with van der Waals surface area (Å²) < 4.78 is 5.53. The monoisotopic (exact) mass is 380 g/mol. The van der Waals surface area contributed by atoms with Crippen LogP contribution in [0.25, 0.3) is 0 Å². The van der Waals surface area contributed by atoms with Gasteiger partial charge in [-0.05, 0) is 35.9 Å². The van der Waals surface area contributed by atoms with Crippen LogP contribution in [-0.4, -0.2) is 9.85 Å². The molecule has 0 spiro atoms. The summed E-state index contributed by atoms with van der Waals surface area (Å²) in [7, 11) is 0. The molecule has 9 nitrogen and oxygen atoms in total. The van der Waals surface area contributed by atoms with E-state index < -0.39 is 15.5 Å². The number of nitrogens with one attached hydrogen (secondary N) is 2. The van der Waals surface area contributed by atoms with Gasteiger partial charge in [-0.2, -0.15) is 0 Å². The van der Waals surface area contributed by atoms with Crippen molar-refractivity contribution in [3.8, 4) is 11.5 Å². The van der Waals surface area contributed by atoms with E-state index in [1.165, 1.54) is 6.07 Å². The maximum Gasteiger partial charge on any atom is 0.318 e. The second kappa shape index (κ2) is 8.60. The van der Waals surface area contributed by atoms with E-state index in [9.17, 15) is 20.2 Å². The largest absolute Gasteiger partial charge is 0.450 e. The number of nitrogens with zero attached hydrogens (tertiary/aromatic N) is 2. The smallest absolute Gasteiger partial charge is 0.318 e. The lowest BCUT2D eigenvalue weighted by Gasteiger charge is -2.10. The molecule has 28 heavy (non-hydrogen) atoms. The molecule has 2 N–H and O–H groups in total. The maximum atomic E-state index is 11.2. The van der Waals surface area contributed by atoms with Crippen LogP contribution in [0.2, 0.25) is 0 Å². The molecule has 3 aromatic carbocycles. The molecule has 0 aliphatic rings. The van der Waals surface area contributed by atoms with Gasteiger partial charge in [-0.25, -0.2) is 5.43 Å². The third kappa shape index (κ3) is 4.80. The molecule has 0 atom stereocenters. The quantitative estimate of drug-likeness (QED) is 0.439. The van der Waals surface area contributed by atoms with Gasteiger partial charge in [-0.1, -0.05) is 30.3 Å². The molecule has 0 aliphatic carbocycles. The standard InChI is InChI=1S/C19H16N4O5/c24-22(25)16-8-11-19(18(12-16)23(26)27)28-17-9-6-14(7-10-17)13-20-21-15-4-2-1-3-5-15/h1-12,20-21H,13H2. The van der Waals surface area contributed by atoms with Gasteiger partial charge < -0.3 is 10.2 Å². The minimum absolute atomic E-state index is 0.0628. The summed E-state index contributed by atoms with van der Waals surface area (Å²) in [6, 6.07) is 19.9. The minimum Gasteiger partial charge on any atom is -0.450 e. The van der Waals surface area contributed by atoms with Crippen molar-refractivity contribution in [2.24, 2.45) is 0 Å². The number of anilines is 1. The van der Waals surface area contributed by atoms with E-state index in [-0.39, 0.29) is 11.4 Å². The Morgan fingerprint density at radius 1 is 0.857 bits per heavy atom. The summed E-state index contributed by atoms with van der Waals surface area (Å²) in [4.78, 5) is 20.5. The molecule has 0 aliphatic heterocycles. The molecule has 9 heteroatoms. The number of hydrogen-bond donors (Lipinski definition) is 2. The lowest BCUT2D eigenvalue weighted by molar-refractivity contribution is -0.394. The molecule has 3 rings (SSSR count). The first-order chi connectivity index (χ1) is 13.5. The highest BCUT2D eigenvalue weighted by atomic mass is 16.6. The van der Waals surface area contributed by atoms with Gasteiger partial charge in [0.25, 0.3) is 5.69 Å². The number of nitro groups is 2. The molecule has 0 fully saturated rings. The fourth-order valence-electron chi connectivity index (χ4n) is 2.42. The molecule has 0 heterocycles. The van der Waals surface area contributed by atoms with Crippen LogP contribution in [0.4, 0.5) is 17.1 Å². The van der Waals surface area contributed by atoms with Gasteiger partial charge >= 0.3 is 5.69 Å². The molecule has 3 aromatic rings. The van der Waals surface area contributed by atoms with Crippen LogP contribution in [0.1, 0.15) is 5.56 Å². The highest BCUT2D eigenvalue weighted by Crippen LogP contribution is 2.34.